The molecule has 0 saturated carbocycles. The molecular weight excluding hydrogens is 260 g/mol. The van der Waals surface area contributed by atoms with Gasteiger partial charge in [-0.3, -0.25) is 4.79 Å². The van der Waals surface area contributed by atoms with Gasteiger partial charge in [0, 0.05) is 43.7 Å². The summed E-state index contributed by atoms with van der Waals surface area (Å²) in [4.78, 5) is 22.4. The Labute approximate surface area is 118 Å². The number of carbonyl (C=O) groups is 1. The molecule has 1 aliphatic rings. The fourth-order valence-corrected chi connectivity index (χ4v) is 2.62. The van der Waals surface area contributed by atoms with E-state index in [1.54, 1.807) is 24.2 Å². The minimum Gasteiger partial charge on any atom is -0.352 e. The molecule has 0 aliphatic carbocycles. The van der Waals surface area contributed by atoms with E-state index in [-0.39, 0.29) is 11.9 Å². The van der Waals surface area contributed by atoms with Crippen LogP contribution in [0.15, 0.2) is 18.5 Å². The number of amides is 1. The van der Waals surface area contributed by atoms with Gasteiger partial charge in [0.1, 0.15) is 0 Å². The number of hydrogen-bond donors (Lipinski definition) is 1. The van der Waals surface area contributed by atoms with Crippen molar-refractivity contribution in [2.24, 2.45) is 0 Å². The van der Waals surface area contributed by atoms with Crippen LogP contribution in [-0.4, -0.2) is 47.0 Å². The average Bonchev–Trinajstić information content (AvgIpc) is 2.46. The predicted molar refractivity (Wildman–Crippen MR) is 78.4 cm³/mol. The maximum atomic E-state index is 11.7. The normalized spacial score (nSPS) is 19.2. The first-order valence-electron chi connectivity index (χ1n) is 6.60. The lowest BCUT2D eigenvalue weighted by Gasteiger charge is -2.33. The Hall–Kier alpha value is -1.30. The van der Waals surface area contributed by atoms with E-state index in [0.717, 1.165) is 37.6 Å². The molecule has 1 amide bonds. The van der Waals surface area contributed by atoms with Gasteiger partial charge in [-0.05, 0) is 25.2 Å². The Bertz CT molecular complexity index is 401. The van der Waals surface area contributed by atoms with Gasteiger partial charge in [0.15, 0.2) is 0 Å². The van der Waals surface area contributed by atoms with Crippen LogP contribution in [0.1, 0.15) is 19.3 Å². The Kier molecular flexibility index (Phi) is 5.44. The summed E-state index contributed by atoms with van der Waals surface area (Å²) in [5.41, 5.74) is 0. The zero-order valence-electron chi connectivity index (χ0n) is 11.2. The summed E-state index contributed by atoms with van der Waals surface area (Å²) < 4.78 is 0. The maximum Gasteiger partial charge on any atom is 0.225 e. The minimum absolute atomic E-state index is 0.148. The van der Waals surface area contributed by atoms with E-state index in [1.165, 1.54) is 0 Å². The summed E-state index contributed by atoms with van der Waals surface area (Å²) in [6, 6.07) is 2.03. The number of anilines is 1. The summed E-state index contributed by atoms with van der Waals surface area (Å²) in [6.45, 7) is 1.76. The molecule has 1 aromatic heterocycles. The number of carbonyl (C=O) groups excluding carboxylic acids is 1. The standard InChI is InChI=1S/C13H20N4OS/c1-19-9-5-12(18)16-11-4-2-8-17(10-11)13-14-6-3-7-15-13/h3,6-7,11H,2,4-5,8-10H2,1H3,(H,16,18). The second-order valence-electron chi connectivity index (χ2n) is 4.64. The van der Waals surface area contributed by atoms with E-state index in [2.05, 4.69) is 20.2 Å². The average molecular weight is 280 g/mol. The molecule has 1 aromatic rings. The van der Waals surface area contributed by atoms with Crippen LogP contribution in [0.25, 0.3) is 0 Å². The van der Waals surface area contributed by atoms with Gasteiger partial charge in [0.05, 0.1) is 0 Å². The molecule has 104 valence electrons. The largest absolute Gasteiger partial charge is 0.352 e. The fraction of sp³-hybridized carbons (Fsp3) is 0.615. The van der Waals surface area contributed by atoms with Crippen LogP contribution in [-0.2, 0) is 4.79 Å². The molecule has 0 aromatic carbocycles. The lowest BCUT2D eigenvalue weighted by atomic mass is 10.1. The molecular formula is C13H20N4OS. The van der Waals surface area contributed by atoms with Crippen LogP contribution in [0.5, 0.6) is 0 Å². The first-order chi connectivity index (χ1) is 9.29. The highest BCUT2D eigenvalue weighted by molar-refractivity contribution is 7.98. The van der Waals surface area contributed by atoms with Crippen molar-refractivity contribution in [3.63, 3.8) is 0 Å². The highest BCUT2D eigenvalue weighted by atomic mass is 32.2. The number of hydrogen-bond acceptors (Lipinski definition) is 5. The van der Waals surface area contributed by atoms with Gasteiger partial charge < -0.3 is 10.2 Å². The summed E-state index contributed by atoms with van der Waals surface area (Å²) >= 11 is 1.70. The monoisotopic (exact) mass is 280 g/mol. The van der Waals surface area contributed by atoms with E-state index < -0.39 is 0 Å². The molecule has 1 saturated heterocycles. The van der Waals surface area contributed by atoms with Crippen LogP contribution in [0.4, 0.5) is 5.95 Å². The van der Waals surface area contributed by atoms with Gasteiger partial charge in [0.25, 0.3) is 0 Å². The molecule has 5 nitrogen and oxygen atoms in total. The van der Waals surface area contributed by atoms with Crippen LogP contribution in [0.2, 0.25) is 0 Å². The third kappa shape index (κ3) is 4.38. The van der Waals surface area contributed by atoms with Crippen molar-refractivity contribution in [1.82, 2.24) is 15.3 Å². The van der Waals surface area contributed by atoms with Crippen molar-refractivity contribution in [1.29, 1.82) is 0 Å². The third-order valence-electron chi connectivity index (χ3n) is 3.15. The van der Waals surface area contributed by atoms with Crippen molar-refractivity contribution in [3.8, 4) is 0 Å². The Morgan fingerprint density at radius 3 is 3.05 bits per heavy atom. The van der Waals surface area contributed by atoms with E-state index in [9.17, 15) is 4.79 Å². The number of nitrogens with zero attached hydrogens (tertiary/aromatic N) is 3. The van der Waals surface area contributed by atoms with Gasteiger partial charge in [0.2, 0.25) is 11.9 Å². The first-order valence-corrected chi connectivity index (χ1v) is 7.99. The van der Waals surface area contributed by atoms with Crippen molar-refractivity contribution < 1.29 is 4.79 Å². The summed E-state index contributed by atoms with van der Waals surface area (Å²) in [5.74, 6) is 1.78. The van der Waals surface area contributed by atoms with E-state index in [0.29, 0.717) is 6.42 Å². The number of aromatic nitrogens is 2. The zero-order valence-corrected chi connectivity index (χ0v) is 12.0. The molecule has 2 rings (SSSR count). The molecule has 1 N–H and O–H groups in total. The van der Waals surface area contributed by atoms with Gasteiger partial charge in [-0.1, -0.05) is 0 Å². The lowest BCUT2D eigenvalue weighted by Crippen LogP contribution is -2.48. The molecule has 0 spiro atoms. The number of thioether (sulfide) groups is 1. The molecule has 0 bridgehead atoms. The predicted octanol–water partition coefficient (Wildman–Crippen LogP) is 1.31. The number of nitrogens with one attached hydrogen (secondary N) is 1. The molecule has 1 unspecified atom stereocenters. The van der Waals surface area contributed by atoms with Crippen molar-refractivity contribution in [2.75, 3.05) is 30.0 Å². The highest BCUT2D eigenvalue weighted by Gasteiger charge is 2.22. The molecule has 0 radical (unpaired) electrons. The molecule has 19 heavy (non-hydrogen) atoms. The zero-order chi connectivity index (χ0) is 13.5. The quantitative estimate of drug-likeness (QED) is 0.881. The van der Waals surface area contributed by atoms with Gasteiger partial charge in [-0.25, -0.2) is 9.97 Å². The molecule has 6 heteroatoms. The second-order valence-corrected chi connectivity index (χ2v) is 5.63. The summed E-state index contributed by atoms with van der Waals surface area (Å²) in [7, 11) is 0. The first kappa shape index (κ1) is 14.1. The van der Waals surface area contributed by atoms with Gasteiger partial charge in [-0.2, -0.15) is 11.8 Å². The van der Waals surface area contributed by atoms with Crippen LogP contribution >= 0.6 is 11.8 Å². The number of piperidine rings is 1. The maximum absolute atomic E-state index is 11.7. The van der Waals surface area contributed by atoms with Crippen LogP contribution in [0, 0.1) is 0 Å². The molecule has 1 aliphatic heterocycles. The minimum atomic E-state index is 0.148. The summed E-state index contributed by atoms with van der Waals surface area (Å²) in [6.07, 6.45) is 8.22. The van der Waals surface area contributed by atoms with Gasteiger partial charge in [-0.15, -0.1) is 0 Å². The second kappa shape index (κ2) is 7.33. The Morgan fingerprint density at radius 1 is 1.53 bits per heavy atom. The van der Waals surface area contributed by atoms with E-state index in [4.69, 9.17) is 0 Å². The fourth-order valence-electron chi connectivity index (χ4n) is 2.23. The van der Waals surface area contributed by atoms with Gasteiger partial charge >= 0.3 is 0 Å². The smallest absolute Gasteiger partial charge is 0.225 e. The van der Waals surface area contributed by atoms with E-state index >= 15 is 0 Å². The Morgan fingerprint density at radius 2 is 2.32 bits per heavy atom. The summed E-state index contributed by atoms with van der Waals surface area (Å²) in [5, 5.41) is 3.10. The van der Waals surface area contributed by atoms with E-state index in [1.807, 2.05) is 12.3 Å². The molecule has 1 atom stereocenters. The Balaban J connectivity index is 1.85. The number of rotatable bonds is 5. The van der Waals surface area contributed by atoms with Crippen molar-refractivity contribution in [2.45, 2.75) is 25.3 Å². The van der Waals surface area contributed by atoms with Crippen molar-refractivity contribution in [3.05, 3.63) is 18.5 Å². The SMILES string of the molecule is CSCCC(=O)NC1CCCN(c2ncccn2)C1. The van der Waals surface area contributed by atoms with Crippen LogP contribution in [0.3, 0.4) is 0 Å². The topological polar surface area (TPSA) is 58.1 Å². The third-order valence-corrected chi connectivity index (χ3v) is 3.77. The van der Waals surface area contributed by atoms with Crippen LogP contribution < -0.4 is 10.2 Å². The lowest BCUT2D eigenvalue weighted by molar-refractivity contribution is -0.121. The molecule has 2 heterocycles. The molecule has 1 fully saturated rings. The van der Waals surface area contributed by atoms with Crippen molar-refractivity contribution >= 4 is 23.6 Å². The highest BCUT2D eigenvalue weighted by Crippen LogP contribution is 2.15.